The van der Waals surface area contributed by atoms with Crippen molar-refractivity contribution in [3.8, 4) is 11.4 Å². The molecule has 2 N–H and O–H groups in total. The maximum absolute atomic E-state index is 12.9. The highest BCUT2D eigenvalue weighted by Gasteiger charge is 2.28. The van der Waals surface area contributed by atoms with Crippen molar-refractivity contribution in [1.82, 2.24) is 14.7 Å². The minimum Gasteiger partial charge on any atom is -0.322 e. The molecule has 1 saturated heterocycles. The zero-order valence-corrected chi connectivity index (χ0v) is 19.7. The monoisotopic (exact) mass is 493 g/mol. The van der Waals surface area contributed by atoms with Crippen LogP contribution in [0, 0.1) is 6.92 Å². The second kappa shape index (κ2) is 8.68. The molecule has 0 atom stereocenters. The predicted molar refractivity (Wildman–Crippen MR) is 133 cm³/mol. The van der Waals surface area contributed by atoms with Crippen LogP contribution in [-0.2, 0) is 10.2 Å². The van der Waals surface area contributed by atoms with E-state index >= 15 is 0 Å². The summed E-state index contributed by atoms with van der Waals surface area (Å²) in [7, 11) is -3.58. The van der Waals surface area contributed by atoms with E-state index in [1.165, 1.54) is 16.4 Å². The Morgan fingerprint density at radius 2 is 1.94 bits per heavy atom. The first-order valence-electron chi connectivity index (χ1n) is 10.5. The van der Waals surface area contributed by atoms with Crippen LogP contribution < -0.4 is 14.3 Å². The van der Waals surface area contributed by atoms with Gasteiger partial charge < -0.3 is 5.32 Å². The van der Waals surface area contributed by atoms with E-state index < -0.39 is 16.1 Å². The number of nitrogens with one attached hydrogen (secondary N) is 2. The first-order valence-corrected chi connectivity index (χ1v) is 12.3. The number of amides is 1. The van der Waals surface area contributed by atoms with Gasteiger partial charge in [-0.2, -0.15) is 13.1 Å². The van der Waals surface area contributed by atoms with Gasteiger partial charge in [0.1, 0.15) is 0 Å². The molecule has 1 fully saturated rings. The van der Waals surface area contributed by atoms with E-state index in [1.807, 2.05) is 43.3 Å². The molecule has 4 aromatic rings. The second-order valence-electron chi connectivity index (χ2n) is 7.87. The van der Waals surface area contributed by atoms with E-state index in [-0.39, 0.29) is 10.6 Å². The van der Waals surface area contributed by atoms with Crippen molar-refractivity contribution in [3.05, 3.63) is 83.0 Å². The SMILES string of the molecule is Cc1ccc(NC(=O)c2ccc(N3CCNS3(=O)=O)cc2Cl)cc1-c1ncc2ccccc2n1. The number of hydrogen-bond donors (Lipinski definition) is 2. The third-order valence-corrected chi connectivity index (χ3v) is 7.46. The van der Waals surface area contributed by atoms with Crippen LogP contribution in [0.1, 0.15) is 15.9 Å². The number of fused-ring (bicyclic) bond motifs is 1. The van der Waals surface area contributed by atoms with Gasteiger partial charge >= 0.3 is 10.2 Å². The summed E-state index contributed by atoms with van der Waals surface area (Å²) in [5, 5.41) is 3.96. The summed E-state index contributed by atoms with van der Waals surface area (Å²) >= 11 is 6.35. The van der Waals surface area contributed by atoms with Crippen LogP contribution in [0.15, 0.2) is 66.9 Å². The Balaban J connectivity index is 1.41. The molecule has 1 aliphatic heterocycles. The molecule has 0 bridgehead atoms. The van der Waals surface area contributed by atoms with Crippen molar-refractivity contribution in [2.45, 2.75) is 6.92 Å². The van der Waals surface area contributed by atoms with E-state index in [0.717, 1.165) is 22.0 Å². The summed E-state index contributed by atoms with van der Waals surface area (Å²) in [6.07, 6.45) is 1.78. The zero-order valence-electron chi connectivity index (χ0n) is 18.1. The van der Waals surface area contributed by atoms with Gasteiger partial charge in [0, 0.05) is 35.9 Å². The number of benzene rings is 3. The number of rotatable bonds is 4. The standard InChI is InChI=1S/C24H20ClN5O3S/c1-15-6-7-17(12-20(15)23-26-14-16-4-2-3-5-22(16)29-23)28-24(31)19-9-8-18(13-21(19)25)30-11-10-27-34(30,32)33/h2-9,12-14,27H,10-11H2,1H3,(H,28,31). The molecule has 1 amide bonds. The number of halogens is 1. The molecule has 8 nitrogen and oxygen atoms in total. The van der Waals surface area contributed by atoms with Gasteiger partial charge in [0.2, 0.25) is 0 Å². The molecule has 1 aliphatic rings. The Morgan fingerprint density at radius 1 is 1.12 bits per heavy atom. The number of para-hydroxylation sites is 1. The Hall–Kier alpha value is -3.53. The molecule has 0 spiro atoms. The highest BCUT2D eigenvalue weighted by Crippen LogP contribution is 2.29. The number of anilines is 2. The minimum atomic E-state index is -3.58. The Bertz CT molecular complexity index is 1540. The van der Waals surface area contributed by atoms with E-state index in [9.17, 15) is 13.2 Å². The average Bonchev–Trinajstić information content (AvgIpc) is 3.18. The van der Waals surface area contributed by atoms with Crippen LogP contribution >= 0.6 is 11.6 Å². The van der Waals surface area contributed by atoms with Crippen molar-refractivity contribution in [1.29, 1.82) is 0 Å². The first kappa shape index (κ1) is 22.3. The topological polar surface area (TPSA) is 104 Å². The molecule has 1 aromatic heterocycles. The van der Waals surface area contributed by atoms with Crippen molar-refractivity contribution in [2.24, 2.45) is 0 Å². The number of aryl methyl sites for hydroxylation is 1. The molecule has 10 heteroatoms. The molecule has 0 unspecified atom stereocenters. The van der Waals surface area contributed by atoms with Crippen LogP contribution in [0.3, 0.4) is 0 Å². The number of hydrogen-bond acceptors (Lipinski definition) is 5. The van der Waals surface area contributed by atoms with Crippen LogP contribution in [0.5, 0.6) is 0 Å². The molecule has 5 rings (SSSR count). The highest BCUT2D eigenvalue weighted by atomic mass is 35.5. The lowest BCUT2D eigenvalue weighted by atomic mass is 10.1. The minimum absolute atomic E-state index is 0.155. The highest BCUT2D eigenvalue weighted by molar-refractivity contribution is 7.91. The third kappa shape index (κ3) is 4.21. The van der Waals surface area contributed by atoms with Crippen LogP contribution in [0.2, 0.25) is 5.02 Å². The smallest absolute Gasteiger partial charge is 0.301 e. The second-order valence-corrected chi connectivity index (χ2v) is 9.96. The predicted octanol–water partition coefficient (Wildman–Crippen LogP) is 4.17. The molecule has 172 valence electrons. The number of carbonyl (C=O) groups is 1. The van der Waals surface area contributed by atoms with Crippen LogP contribution in [0.4, 0.5) is 11.4 Å². The lowest BCUT2D eigenvalue weighted by molar-refractivity contribution is 0.102. The van der Waals surface area contributed by atoms with E-state index in [2.05, 4.69) is 20.0 Å². The molecular formula is C24H20ClN5O3S. The maximum atomic E-state index is 12.9. The molecule has 2 heterocycles. The van der Waals surface area contributed by atoms with Crippen LogP contribution in [0.25, 0.3) is 22.3 Å². The molecule has 0 radical (unpaired) electrons. The zero-order chi connectivity index (χ0) is 23.9. The molecular weight excluding hydrogens is 474 g/mol. The van der Waals surface area contributed by atoms with Crippen molar-refractivity contribution in [3.63, 3.8) is 0 Å². The Labute approximate surface area is 201 Å². The largest absolute Gasteiger partial charge is 0.322 e. The quantitative estimate of drug-likeness (QED) is 0.444. The fourth-order valence-corrected chi connectivity index (χ4v) is 5.31. The first-order chi connectivity index (χ1) is 16.3. The number of aromatic nitrogens is 2. The van der Waals surface area contributed by atoms with Gasteiger partial charge in [0.15, 0.2) is 5.82 Å². The molecule has 0 saturated carbocycles. The fraction of sp³-hybridized carbons (Fsp3) is 0.125. The Kier molecular flexibility index (Phi) is 5.68. The number of nitrogens with zero attached hydrogens (tertiary/aromatic N) is 3. The van der Waals surface area contributed by atoms with Crippen molar-refractivity contribution in [2.75, 3.05) is 22.7 Å². The van der Waals surface area contributed by atoms with Gasteiger partial charge in [-0.3, -0.25) is 9.10 Å². The molecule has 3 aromatic carbocycles. The van der Waals surface area contributed by atoms with E-state index in [1.54, 1.807) is 18.3 Å². The number of carbonyl (C=O) groups excluding carboxylic acids is 1. The molecule has 34 heavy (non-hydrogen) atoms. The average molecular weight is 494 g/mol. The summed E-state index contributed by atoms with van der Waals surface area (Å²) in [4.78, 5) is 22.1. The summed E-state index contributed by atoms with van der Waals surface area (Å²) in [6.45, 7) is 2.57. The fourth-order valence-electron chi connectivity index (χ4n) is 3.83. The summed E-state index contributed by atoms with van der Waals surface area (Å²) < 4.78 is 27.8. The van der Waals surface area contributed by atoms with Crippen LogP contribution in [-0.4, -0.2) is 37.4 Å². The third-order valence-electron chi connectivity index (χ3n) is 5.60. The normalized spacial score (nSPS) is 14.9. The Morgan fingerprint density at radius 3 is 2.71 bits per heavy atom. The van der Waals surface area contributed by atoms with E-state index in [4.69, 9.17) is 11.6 Å². The maximum Gasteiger partial charge on any atom is 0.301 e. The van der Waals surface area contributed by atoms with E-state index in [0.29, 0.717) is 30.3 Å². The lowest BCUT2D eigenvalue weighted by Gasteiger charge is -2.17. The van der Waals surface area contributed by atoms with Gasteiger partial charge in [-0.1, -0.05) is 35.9 Å². The van der Waals surface area contributed by atoms with Crippen molar-refractivity contribution >= 4 is 50.0 Å². The summed E-state index contributed by atoms with van der Waals surface area (Å²) in [6, 6.07) is 17.8. The van der Waals surface area contributed by atoms with Gasteiger partial charge in [-0.05, 0) is 48.9 Å². The van der Waals surface area contributed by atoms with Gasteiger partial charge in [0.05, 0.1) is 21.8 Å². The van der Waals surface area contributed by atoms with Gasteiger partial charge in [0.25, 0.3) is 5.91 Å². The van der Waals surface area contributed by atoms with Gasteiger partial charge in [-0.25, -0.2) is 9.97 Å². The summed E-state index contributed by atoms with van der Waals surface area (Å²) in [5.74, 6) is 0.156. The summed E-state index contributed by atoms with van der Waals surface area (Å²) in [5.41, 5.74) is 3.81. The molecule has 0 aliphatic carbocycles. The van der Waals surface area contributed by atoms with Crippen molar-refractivity contribution < 1.29 is 13.2 Å². The van der Waals surface area contributed by atoms with Gasteiger partial charge in [-0.15, -0.1) is 0 Å². The lowest BCUT2D eigenvalue weighted by Crippen LogP contribution is -2.29.